The second-order valence-corrected chi connectivity index (χ2v) is 5.53. The van der Waals surface area contributed by atoms with Crippen LogP contribution in [0.2, 0.25) is 10.0 Å². The van der Waals surface area contributed by atoms with Crippen molar-refractivity contribution >= 4 is 23.2 Å². The summed E-state index contributed by atoms with van der Waals surface area (Å²) < 4.78 is 0. The Kier molecular flexibility index (Phi) is 6.32. The van der Waals surface area contributed by atoms with E-state index in [1.54, 1.807) is 0 Å². The Morgan fingerprint density at radius 2 is 1.94 bits per heavy atom. The highest BCUT2D eigenvalue weighted by molar-refractivity contribution is 6.35. The number of benzene rings is 1. The van der Waals surface area contributed by atoms with Gasteiger partial charge in [-0.25, -0.2) is 0 Å². The number of nitrogens with one attached hydrogen (secondary N) is 1. The topological polar surface area (TPSA) is 12.0 Å². The van der Waals surface area contributed by atoms with Crippen LogP contribution in [0.3, 0.4) is 0 Å². The van der Waals surface area contributed by atoms with Crippen molar-refractivity contribution in [2.45, 2.75) is 39.7 Å². The summed E-state index contributed by atoms with van der Waals surface area (Å²) in [4.78, 5) is 0. The second-order valence-electron chi connectivity index (χ2n) is 4.68. The average molecular weight is 274 g/mol. The first-order chi connectivity index (χ1) is 8.04. The Morgan fingerprint density at radius 1 is 1.24 bits per heavy atom. The first kappa shape index (κ1) is 14.8. The maximum atomic E-state index is 6.16. The van der Waals surface area contributed by atoms with Gasteiger partial charge in [-0.2, -0.15) is 0 Å². The lowest BCUT2D eigenvalue weighted by Crippen LogP contribution is -2.34. The third-order valence-corrected chi connectivity index (χ3v) is 3.60. The molecule has 0 radical (unpaired) electrons. The standard InChI is InChI=1S/C14H21Cl2N/c1-4-17-14(10(2)3)8-6-11-5-7-12(15)9-13(11)16/h5,7,9-10,14,17H,4,6,8H2,1-3H3. The molecule has 17 heavy (non-hydrogen) atoms. The van der Waals surface area contributed by atoms with Crippen molar-refractivity contribution in [1.29, 1.82) is 0 Å². The van der Waals surface area contributed by atoms with Gasteiger partial charge in [-0.1, -0.05) is 50.0 Å². The van der Waals surface area contributed by atoms with E-state index in [-0.39, 0.29) is 0 Å². The lowest BCUT2D eigenvalue weighted by atomic mass is 9.96. The van der Waals surface area contributed by atoms with E-state index >= 15 is 0 Å². The third kappa shape index (κ3) is 4.87. The Morgan fingerprint density at radius 3 is 2.47 bits per heavy atom. The van der Waals surface area contributed by atoms with Gasteiger partial charge in [0, 0.05) is 16.1 Å². The SMILES string of the molecule is CCNC(CCc1ccc(Cl)cc1Cl)C(C)C. The Balaban J connectivity index is 2.59. The highest BCUT2D eigenvalue weighted by Crippen LogP contribution is 2.23. The monoisotopic (exact) mass is 273 g/mol. The van der Waals surface area contributed by atoms with Gasteiger partial charge in [0.2, 0.25) is 0 Å². The maximum absolute atomic E-state index is 6.16. The molecule has 1 atom stereocenters. The van der Waals surface area contributed by atoms with Gasteiger partial charge in [0.05, 0.1) is 0 Å². The predicted molar refractivity (Wildman–Crippen MR) is 77.1 cm³/mol. The number of halogens is 2. The number of hydrogen-bond acceptors (Lipinski definition) is 1. The van der Waals surface area contributed by atoms with Crippen molar-refractivity contribution < 1.29 is 0 Å². The van der Waals surface area contributed by atoms with E-state index in [0.717, 1.165) is 24.4 Å². The number of rotatable bonds is 6. The fourth-order valence-electron chi connectivity index (χ4n) is 1.97. The maximum Gasteiger partial charge on any atom is 0.0452 e. The van der Waals surface area contributed by atoms with Gasteiger partial charge in [0.15, 0.2) is 0 Å². The lowest BCUT2D eigenvalue weighted by molar-refractivity contribution is 0.385. The van der Waals surface area contributed by atoms with Crippen LogP contribution in [-0.4, -0.2) is 12.6 Å². The fraction of sp³-hybridized carbons (Fsp3) is 0.571. The van der Waals surface area contributed by atoms with Gasteiger partial charge in [0.25, 0.3) is 0 Å². The average Bonchev–Trinajstić information content (AvgIpc) is 2.25. The zero-order valence-corrected chi connectivity index (χ0v) is 12.3. The van der Waals surface area contributed by atoms with Crippen molar-refractivity contribution in [3.8, 4) is 0 Å². The Labute approximate surface area is 115 Å². The molecule has 0 fully saturated rings. The lowest BCUT2D eigenvalue weighted by Gasteiger charge is -2.21. The Hall–Kier alpha value is -0.240. The predicted octanol–water partition coefficient (Wildman–Crippen LogP) is 4.56. The molecule has 96 valence electrons. The molecule has 0 saturated heterocycles. The van der Waals surface area contributed by atoms with Crippen LogP contribution in [-0.2, 0) is 6.42 Å². The van der Waals surface area contributed by atoms with E-state index in [1.165, 1.54) is 5.56 Å². The molecule has 0 heterocycles. The third-order valence-electron chi connectivity index (χ3n) is 3.01. The summed E-state index contributed by atoms with van der Waals surface area (Å²) in [7, 11) is 0. The largest absolute Gasteiger partial charge is 0.314 e. The van der Waals surface area contributed by atoms with E-state index in [4.69, 9.17) is 23.2 Å². The van der Waals surface area contributed by atoms with Gasteiger partial charge in [-0.15, -0.1) is 0 Å². The molecule has 1 aromatic rings. The first-order valence-corrected chi connectivity index (χ1v) is 6.97. The number of aryl methyl sites for hydroxylation is 1. The summed E-state index contributed by atoms with van der Waals surface area (Å²) in [6, 6.07) is 6.29. The molecule has 1 unspecified atom stereocenters. The summed E-state index contributed by atoms with van der Waals surface area (Å²) >= 11 is 12.0. The van der Waals surface area contributed by atoms with Crippen molar-refractivity contribution in [3.63, 3.8) is 0 Å². The second kappa shape index (κ2) is 7.25. The minimum atomic E-state index is 0.548. The molecule has 0 spiro atoms. The van der Waals surface area contributed by atoms with Gasteiger partial charge >= 0.3 is 0 Å². The zero-order valence-electron chi connectivity index (χ0n) is 10.8. The molecule has 1 N–H and O–H groups in total. The van der Waals surface area contributed by atoms with Crippen LogP contribution in [0, 0.1) is 5.92 Å². The molecule has 1 rings (SSSR count). The van der Waals surface area contributed by atoms with E-state index in [2.05, 4.69) is 26.1 Å². The van der Waals surface area contributed by atoms with Crippen LogP contribution >= 0.6 is 23.2 Å². The van der Waals surface area contributed by atoms with Gasteiger partial charge < -0.3 is 5.32 Å². The zero-order chi connectivity index (χ0) is 12.8. The summed E-state index contributed by atoms with van der Waals surface area (Å²) in [5, 5.41) is 4.99. The molecule has 1 aromatic carbocycles. The van der Waals surface area contributed by atoms with Crippen molar-refractivity contribution in [3.05, 3.63) is 33.8 Å². The molecule has 1 nitrogen and oxygen atoms in total. The molecular formula is C14H21Cl2N. The quantitative estimate of drug-likeness (QED) is 0.801. The van der Waals surface area contributed by atoms with E-state index < -0.39 is 0 Å². The first-order valence-electron chi connectivity index (χ1n) is 6.22. The number of hydrogen-bond donors (Lipinski definition) is 1. The summed E-state index contributed by atoms with van der Waals surface area (Å²) in [5.41, 5.74) is 1.18. The molecular weight excluding hydrogens is 253 g/mol. The van der Waals surface area contributed by atoms with Gasteiger partial charge in [-0.05, 0) is 43.0 Å². The fourth-order valence-corrected chi connectivity index (χ4v) is 2.47. The molecule has 3 heteroatoms. The Bertz CT molecular complexity index is 350. The van der Waals surface area contributed by atoms with Gasteiger partial charge in [0.1, 0.15) is 0 Å². The normalized spacial score (nSPS) is 13.1. The summed E-state index contributed by atoms with van der Waals surface area (Å²) in [6.45, 7) is 7.65. The molecule has 0 saturated carbocycles. The molecule has 0 aliphatic heterocycles. The van der Waals surface area contributed by atoms with E-state index in [9.17, 15) is 0 Å². The van der Waals surface area contributed by atoms with Crippen molar-refractivity contribution in [2.24, 2.45) is 5.92 Å². The molecule has 0 aliphatic carbocycles. The highest BCUT2D eigenvalue weighted by atomic mass is 35.5. The summed E-state index contributed by atoms with van der Waals surface area (Å²) in [6.07, 6.45) is 2.10. The molecule has 0 aliphatic rings. The minimum Gasteiger partial charge on any atom is -0.314 e. The smallest absolute Gasteiger partial charge is 0.0452 e. The highest BCUT2D eigenvalue weighted by Gasteiger charge is 2.12. The van der Waals surface area contributed by atoms with Crippen LogP contribution in [0.1, 0.15) is 32.8 Å². The van der Waals surface area contributed by atoms with E-state index in [1.807, 2.05) is 18.2 Å². The van der Waals surface area contributed by atoms with E-state index in [0.29, 0.717) is 17.0 Å². The van der Waals surface area contributed by atoms with Crippen LogP contribution in [0.5, 0.6) is 0 Å². The molecule has 0 bridgehead atoms. The van der Waals surface area contributed by atoms with Crippen molar-refractivity contribution in [2.75, 3.05) is 6.54 Å². The van der Waals surface area contributed by atoms with Crippen LogP contribution in [0.25, 0.3) is 0 Å². The van der Waals surface area contributed by atoms with Crippen LogP contribution in [0.15, 0.2) is 18.2 Å². The van der Waals surface area contributed by atoms with Crippen molar-refractivity contribution in [1.82, 2.24) is 5.32 Å². The summed E-state index contributed by atoms with van der Waals surface area (Å²) in [5.74, 6) is 0.640. The molecule has 0 aromatic heterocycles. The van der Waals surface area contributed by atoms with Crippen LogP contribution < -0.4 is 5.32 Å². The van der Waals surface area contributed by atoms with Gasteiger partial charge in [-0.3, -0.25) is 0 Å². The van der Waals surface area contributed by atoms with Crippen LogP contribution in [0.4, 0.5) is 0 Å². The molecule has 0 amide bonds. The minimum absolute atomic E-state index is 0.548.